The Morgan fingerprint density at radius 3 is 2.45 bits per heavy atom. The van der Waals surface area contributed by atoms with Crippen LogP contribution in [0.1, 0.15) is 0 Å². The van der Waals surface area contributed by atoms with Crippen molar-refractivity contribution in [2.75, 3.05) is 0 Å². The summed E-state index contributed by atoms with van der Waals surface area (Å²) in [6.07, 6.45) is 1.36. The molecule has 1 heterocycles. The van der Waals surface area contributed by atoms with E-state index >= 15 is 0 Å². The predicted octanol–water partition coefficient (Wildman–Crippen LogP) is 3.78. The topological polar surface area (TPSA) is 39.1 Å². The minimum absolute atomic E-state index is 0.165. The first-order chi connectivity index (χ1) is 9.50. The first-order valence-corrected chi connectivity index (χ1v) is 8.00. The van der Waals surface area contributed by atoms with E-state index < -0.39 is 15.8 Å². The Kier molecular flexibility index (Phi) is 3.14. The Morgan fingerprint density at radius 2 is 1.75 bits per heavy atom. The van der Waals surface area contributed by atoms with Crippen molar-refractivity contribution in [3.63, 3.8) is 0 Å². The van der Waals surface area contributed by atoms with Crippen molar-refractivity contribution >= 4 is 36.9 Å². The molecule has 3 rings (SSSR count). The fourth-order valence-corrected chi connectivity index (χ4v) is 3.83. The Morgan fingerprint density at radius 1 is 1.05 bits per heavy atom. The van der Waals surface area contributed by atoms with Crippen molar-refractivity contribution in [3.8, 4) is 0 Å². The molecular formula is C14H9BrFNO2S. The number of hydrogen-bond acceptors (Lipinski definition) is 2. The average molecular weight is 354 g/mol. The highest BCUT2D eigenvalue weighted by molar-refractivity contribution is 9.10. The fraction of sp³-hybridized carbons (Fsp3) is 0. The van der Waals surface area contributed by atoms with Crippen LogP contribution in [-0.2, 0) is 10.0 Å². The monoisotopic (exact) mass is 353 g/mol. The first-order valence-electron chi connectivity index (χ1n) is 5.77. The number of fused-ring (bicyclic) bond motifs is 1. The van der Waals surface area contributed by atoms with E-state index in [4.69, 9.17) is 0 Å². The van der Waals surface area contributed by atoms with E-state index in [0.29, 0.717) is 9.99 Å². The number of nitrogens with zero attached hydrogens (tertiary/aromatic N) is 1. The van der Waals surface area contributed by atoms with Gasteiger partial charge in [0.1, 0.15) is 5.82 Å². The third-order valence-corrected chi connectivity index (χ3v) is 5.15. The Labute approximate surface area is 123 Å². The minimum atomic E-state index is -3.73. The molecule has 0 aliphatic carbocycles. The molecule has 0 spiro atoms. The maximum atomic E-state index is 13.8. The third-order valence-electron chi connectivity index (χ3n) is 2.99. The van der Waals surface area contributed by atoms with Crippen molar-refractivity contribution in [3.05, 3.63) is 65.0 Å². The van der Waals surface area contributed by atoms with E-state index in [1.165, 1.54) is 30.5 Å². The van der Waals surface area contributed by atoms with Gasteiger partial charge in [-0.3, -0.25) is 0 Å². The van der Waals surface area contributed by atoms with E-state index in [0.717, 1.165) is 3.97 Å². The van der Waals surface area contributed by atoms with Gasteiger partial charge in [0.15, 0.2) is 0 Å². The van der Waals surface area contributed by atoms with Gasteiger partial charge in [0, 0.05) is 16.1 Å². The SMILES string of the molecule is O=S(=O)(c1ccccc1)n1ccc2c(F)cc(Br)cc21. The zero-order valence-corrected chi connectivity index (χ0v) is 12.5. The van der Waals surface area contributed by atoms with Crippen molar-refractivity contribution in [1.29, 1.82) is 0 Å². The standard InChI is InChI=1S/C14H9BrFNO2S/c15-10-8-13(16)12-6-7-17(14(12)9-10)20(18,19)11-4-2-1-3-5-11/h1-9H. The predicted molar refractivity (Wildman–Crippen MR) is 78.6 cm³/mol. The van der Waals surface area contributed by atoms with Crippen LogP contribution in [0, 0.1) is 5.82 Å². The van der Waals surface area contributed by atoms with Crippen LogP contribution in [-0.4, -0.2) is 12.4 Å². The summed E-state index contributed by atoms with van der Waals surface area (Å²) in [5.41, 5.74) is 0.306. The maximum Gasteiger partial charge on any atom is 0.268 e. The molecule has 0 saturated heterocycles. The molecule has 2 aromatic carbocycles. The van der Waals surface area contributed by atoms with Gasteiger partial charge in [0.05, 0.1) is 10.4 Å². The second-order valence-electron chi connectivity index (χ2n) is 4.25. The molecule has 0 fully saturated rings. The summed E-state index contributed by atoms with van der Waals surface area (Å²) in [7, 11) is -3.73. The molecule has 3 aromatic rings. The van der Waals surface area contributed by atoms with Gasteiger partial charge >= 0.3 is 0 Å². The van der Waals surface area contributed by atoms with Crippen molar-refractivity contribution in [2.24, 2.45) is 0 Å². The summed E-state index contributed by atoms with van der Waals surface area (Å²) in [5.74, 6) is -0.462. The molecule has 0 bridgehead atoms. The van der Waals surface area contributed by atoms with Crippen molar-refractivity contribution in [2.45, 2.75) is 4.90 Å². The molecule has 0 unspecified atom stereocenters. The van der Waals surface area contributed by atoms with E-state index in [9.17, 15) is 12.8 Å². The molecule has 0 saturated carbocycles. The fourth-order valence-electron chi connectivity index (χ4n) is 2.06. The lowest BCUT2D eigenvalue weighted by Crippen LogP contribution is -2.11. The number of benzene rings is 2. The largest absolute Gasteiger partial charge is 0.268 e. The van der Waals surface area contributed by atoms with Crippen LogP contribution in [0.4, 0.5) is 4.39 Å². The van der Waals surface area contributed by atoms with Gasteiger partial charge < -0.3 is 0 Å². The molecule has 20 heavy (non-hydrogen) atoms. The lowest BCUT2D eigenvalue weighted by atomic mass is 10.2. The molecule has 3 nitrogen and oxygen atoms in total. The average Bonchev–Trinajstić information content (AvgIpc) is 2.84. The van der Waals surface area contributed by atoms with Crippen LogP contribution in [0.5, 0.6) is 0 Å². The quantitative estimate of drug-likeness (QED) is 0.703. The Balaban J connectivity index is 2.31. The number of aromatic nitrogens is 1. The van der Waals surface area contributed by atoms with Crippen LogP contribution in [0.2, 0.25) is 0 Å². The van der Waals surface area contributed by atoms with Crippen LogP contribution >= 0.6 is 15.9 Å². The van der Waals surface area contributed by atoms with E-state index in [1.54, 1.807) is 24.3 Å². The lowest BCUT2D eigenvalue weighted by Gasteiger charge is -2.07. The zero-order chi connectivity index (χ0) is 14.3. The van der Waals surface area contributed by atoms with Crippen LogP contribution in [0.3, 0.4) is 0 Å². The summed E-state index contributed by atoms with van der Waals surface area (Å²) >= 11 is 3.18. The van der Waals surface area contributed by atoms with Crippen LogP contribution in [0.15, 0.2) is 64.1 Å². The first kappa shape index (κ1) is 13.3. The van der Waals surface area contributed by atoms with E-state index in [2.05, 4.69) is 15.9 Å². The van der Waals surface area contributed by atoms with Crippen molar-refractivity contribution < 1.29 is 12.8 Å². The third kappa shape index (κ3) is 2.05. The summed E-state index contributed by atoms with van der Waals surface area (Å²) in [4.78, 5) is 0.165. The number of rotatable bonds is 2. The number of hydrogen-bond donors (Lipinski definition) is 0. The van der Waals surface area contributed by atoms with Gasteiger partial charge in [0.2, 0.25) is 0 Å². The molecule has 1 aromatic heterocycles. The maximum absolute atomic E-state index is 13.8. The van der Waals surface area contributed by atoms with Gasteiger partial charge in [-0.15, -0.1) is 0 Å². The molecule has 0 aliphatic heterocycles. The van der Waals surface area contributed by atoms with Crippen molar-refractivity contribution in [1.82, 2.24) is 3.97 Å². The highest BCUT2D eigenvalue weighted by Crippen LogP contribution is 2.27. The second-order valence-corrected chi connectivity index (χ2v) is 6.98. The Hall–Kier alpha value is -1.66. The number of halogens is 2. The molecule has 0 amide bonds. The molecule has 0 aliphatic rings. The second kappa shape index (κ2) is 4.71. The zero-order valence-electron chi connectivity index (χ0n) is 10.1. The molecular weight excluding hydrogens is 345 g/mol. The van der Waals surface area contributed by atoms with Crippen LogP contribution < -0.4 is 0 Å². The van der Waals surface area contributed by atoms with Gasteiger partial charge in [0.25, 0.3) is 10.0 Å². The molecule has 6 heteroatoms. The van der Waals surface area contributed by atoms with E-state index in [1.807, 2.05) is 0 Å². The summed E-state index contributed by atoms with van der Waals surface area (Å²) in [6.45, 7) is 0. The minimum Gasteiger partial charge on any atom is -0.241 e. The molecule has 0 radical (unpaired) electrons. The van der Waals surface area contributed by atoms with Gasteiger partial charge in [-0.05, 0) is 30.3 Å². The molecule has 0 atom stereocenters. The molecule has 102 valence electrons. The van der Waals surface area contributed by atoms with Gasteiger partial charge in [-0.2, -0.15) is 0 Å². The highest BCUT2D eigenvalue weighted by atomic mass is 79.9. The molecule has 0 N–H and O–H groups in total. The highest BCUT2D eigenvalue weighted by Gasteiger charge is 2.19. The van der Waals surface area contributed by atoms with E-state index in [-0.39, 0.29) is 10.3 Å². The summed E-state index contributed by atoms with van der Waals surface area (Å²) in [5, 5.41) is 0.271. The summed E-state index contributed by atoms with van der Waals surface area (Å²) in [6, 6.07) is 12.4. The Bertz CT molecular complexity index is 888. The normalized spacial score (nSPS) is 11.9. The smallest absolute Gasteiger partial charge is 0.241 e. The van der Waals surface area contributed by atoms with Gasteiger partial charge in [-0.25, -0.2) is 16.8 Å². The van der Waals surface area contributed by atoms with Crippen LogP contribution in [0.25, 0.3) is 10.9 Å². The summed E-state index contributed by atoms with van der Waals surface area (Å²) < 4.78 is 40.5. The lowest BCUT2D eigenvalue weighted by molar-refractivity contribution is 0.589. The van der Waals surface area contributed by atoms with Gasteiger partial charge in [-0.1, -0.05) is 34.1 Å².